The molecule has 1 aromatic rings. The summed E-state index contributed by atoms with van der Waals surface area (Å²) < 4.78 is 25.1. The number of benzene rings is 1. The highest BCUT2D eigenvalue weighted by atomic mass is 35.5. The lowest BCUT2D eigenvalue weighted by atomic mass is 10.2. The minimum atomic E-state index is -3.55. The first-order valence-electron chi connectivity index (χ1n) is 4.34. The predicted octanol–water partition coefficient (Wildman–Crippen LogP) is 0.592. The topological polar surface area (TPSA) is 66.4 Å². The van der Waals surface area contributed by atoms with E-state index in [-0.39, 0.29) is 16.5 Å². The summed E-state index contributed by atoms with van der Waals surface area (Å²) >= 11 is 5.82. The van der Waals surface area contributed by atoms with Crippen LogP contribution in [-0.2, 0) is 10.0 Å². The van der Waals surface area contributed by atoms with E-state index in [2.05, 4.69) is 16.6 Å². The van der Waals surface area contributed by atoms with Gasteiger partial charge in [0.2, 0.25) is 10.0 Å². The number of nitrogens with one attached hydrogen (secondary N) is 1. The van der Waals surface area contributed by atoms with Gasteiger partial charge in [0.25, 0.3) is 0 Å². The van der Waals surface area contributed by atoms with Gasteiger partial charge in [-0.3, -0.25) is 0 Å². The fraction of sp³-hybridized carbons (Fsp3) is 0.200. The quantitative estimate of drug-likeness (QED) is 0.764. The molecule has 86 valence electrons. The summed E-state index contributed by atoms with van der Waals surface area (Å²) in [5.74, 6) is 5.08. The average molecular weight is 260 g/mol. The number of hydrogen-bond donors (Lipinski definition) is 2. The molecule has 0 heterocycles. The maximum atomic E-state index is 11.5. The van der Waals surface area contributed by atoms with E-state index < -0.39 is 10.0 Å². The molecule has 1 aromatic carbocycles. The molecular formula is C10H10ClNO3S. The molecule has 6 heteroatoms. The Kier molecular flexibility index (Phi) is 4.33. The van der Waals surface area contributed by atoms with Gasteiger partial charge in [0.15, 0.2) is 0 Å². The second kappa shape index (κ2) is 5.32. The van der Waals surface area contributed by atoms with Crippen molar-refractivity contribution in [2.24, 2.45) is 0 Å². The molecule has 0 aliphatic rings. The predicted molar refractivity (Wildman–Crippen MR) is 61.7 cm³/mol. The minimum absolute atomic E-state index is 0.00575. The molecule has 0 saturated carbocycles. The van der Waals surface area contributed by atoms with Crippen LogP contribution in [0.2, 0.25) is 5.02 Å². The Morgan fingerprint density at radius 2 is 2.19 bits per heavy atom. The highest BCUT2D eigenvalue weighted by Gasteiger charge is 2.15. The molecule has 0 fully saturated rings. The first kappa shape index (κ1) is 13.0. The number of aliphatic hydroxyl groups excluding tert-OH is 1. The van der Waals surface area contributed by atoms with Gasteiger partial charge in [0.1, 0.15) is 11.5 Å². The molecule has 0 atom stereocenters. The highest BCUT2D eigenvalue weighted by molar-refractivity contribution is 7.89. The van der Waals surface area contributed by atoms with Crippen molar-refractivity contribution in [1.82, 2.24) is 4.72 Å². The highest BCUT2D eigenvalue weighted by Crippen LogP contribution is 2.21. The third-order valence-electron chi connectivity index (χ3n) is 1.80. The summed E-state index contributed by atoms with van der Waals surface area (Å²) in [6.07, 6.45) is 0. The Morgan fingerprint density at radius 1 is 1.50 bits per heavy atom. The van der Waals surface area contributed by atoms with Crippen LogP contribution in [0.1, 0.15) is 5.56 Å². The van der Waals surface area contributed by atoms with Crippen LogP contribution in [0, 0.1) is 11.8 Å². The lowest BCUT2D eigenvalue weighted by Crippen LogP contribution is -2.18. The van der Waals surface area contributed by atoms with E-state index in [1.165, 1.54) is 25.2 Å². The standard InChI is InChI=1S/C10H10ClNO3S/c1-12-16(14,15)10-5-4-8(3-2-6-13)7-9(10)11/h4-5,7,12-13H,6H2,1H3. The zero-order valence-electron chi connectivity index (χ0n) is 8.49. The van der Waals surface area contributed by atoms with Crippen molar-refractivity contribution < 1.29 is 13.5 Å². The summed E-state index contributed by atoms with van der Waals surface area (Å²) in [7, 11) is -2.23. The Hall–Kier alpha value is -1.06. The number of rotatable bonds is 2. The molecule has 0 aliphatic heterocycles. The van der Waals surface area contributed by atoms with E-state index in [0.29, 0.717) is 5.56 Å². The van der Waals surface area contributed by atoms with Crippen molar-refractivity contribution in [1.29, 1.82) is 0 Å². The average Bonchev–Trinajstić information content (AvgIpc) is 2.26. The second-order valence-electron chi connectivity index (χ2n) is 2.81. The van der Waals surface area contributed by atoms with Gasteiger partial charge in [-0.05, 0) is 25.2 Å². The van der Waals surface area contributed by atoms with Crippen LogP contribution in [0.3, 0.4) is 0 Å². The fourth-order valence-corrected chi connectivity index (χ4v) is 2.32. The van der Waals surface area contributed by atoms with Crippen LogP contribution in [0.5, 0.6) is 0 Å². The van der Waals surface area contributed by atoms with Crippen molar-refractivity contribution in [2.45, 2.75) is 4.90 Å². The molecule has 4 nitrogen and oxygen atoms in total. The van der Waals surface area contributed by atoms with Gasteiger partial charge in [0.05, 0.1) is 5.02 Å². The Balaban J connectivity index is 3.20. The molecule has 0 aromatic heterocycles. The molecule has 0 radical (unpaired) electrons. The van der Waals surface area contributed by atoms with Gasteiger partial charge in [0, 0.05) is 5.56 Å². The lowest BCUT2D eigenvalue weighted by Gasteiger charge is -2.04. The van der Waals surface area contributed by atoms with Crippen LogP contribution in [-0.4, -0.2) is 27.2 Å². The van der Waals surface area contributed by atoms with E-state index in [0.717, 1.165) is 0 Å². The van der Waals surface area contributed by atoms with E-state index in [9.17, 15) is 8.42 Å². The van der Waals surface area contributed by atoms with Crippen molar-refractivity contribution in [3.63, 3.8) is 0 Å². The van der Waals surface area contributed by atoms with Crippen LogP contribution < -0.4 is 4.72 Å². The van der Waals surface area contributed by atoms with Gasteiger partial charge in [-0.15, -0.1) is 0 Å². The van der Waals surface area contributed by atoms with Crippen LogP contribution in [0.15, 0.2) is 23.1 Å². The largest absolute Gasteiger partial charge is 0.384 e. The normalized spacial score (nSPS) is 10.7. The molecule has 0 bridgehead atoms. The summed E-state index contributed by atoms with van der Waals surface area (Å²) in [5, 5.41) is 8.60. The molecule has 0 aliphatic carbocycles. The number of halogens is 1. The molecule has 16 heavy (non-hydrogen) atoms. The summed E-state index contributed by atoms with van der Waals surface area (Å²) in [6, 6.07) is 4.34. The first-order valence-corrected chi connectivity index (χ1v) is 6.20. The zero-order chi connectivity index (χ0) is 12.2. The maximum Gasteiger partial charge on any atom is 0.241 e. The Bertz CT molecular complexity index is 543. The van der Waals surface area contributed by atoms with Gasteiger partial charge < -0.3 is 5.11 Å². The number of aliphatic hydroxyl groups is 1. The molecule has 1 rings (SSSR count). The molecule has 0 amide bonds. The summed E-state index contributed by atoms with van der Waals surface area (Å²) in [4.78, 5) is 0.00575. The molecular weight excluding hydrogens is 250 g/mol. The first-order chi connectivity index (χ1) is 7.51. The van der Waals surface area contributed by atoms with Crippen LogP contribution in [0.25, 0.3) is 0 Å². The minimum Gasteiger partial charge on any atom is -0.384 e. The van der Waals surface area contributed by atoms with E-state index in [1.807, 2.05) is 0 Å². The van der Waals surface area contributed by atoms with Crippen molar-refractivity contribution in [3.05, 3.63) is 28.8 Å². The van der Waals surface area contributed by atoms with Gasteiger partial charge in [-0.25, -0.2) is 13.1 Å². The second-order valence-corrected chi connectivity index (χ2v) is 5.07. The number of sulfonamides is 1. The molecule has 0 saturated heterocycles. The monoisotopic (exact) mass is 259 g/mol. The maximum absolute atomic E-state index is 11.5. The summed E-state index contributed by atoms with van der Waals surface area (Å²) in [5.41, 5.74) is 0.550. The molecule has 0 unspecified atom stereocenters. The lowest BCUT2D eigenvalue weighted by molar-refractivity contribution is 0.350. The van der Waals surface area contributed by atoms with Gasteiger partial charge >= 0.3 is 0 Å². The Labute approximate surface area is 99.3 Å². The van der Waals surface area contributed by atoms with Crippen molar-refractivity contribution in [2.75, 3.05) is 13.7 Å². The van der Waals surface area contributed by atoms with E-state index in [4.69, 9.17) is 16.7 Å². The number of hydrogen-bond acceptors (Lipinski definition) is 3. The van der Waals surface area contributed by atoms with Crippen LogP contribution >= 0.6 is 11.6 Å². The fourth-order valence-electron chi connectivity index (χ4n) is 1.05. The third-order valence-corrected chi connectivity index (χ3v) is 3.70. The SMILES string of the molecule is CNS(=O)(=O)c1ccc(C#CCO)cc1Cl. The van der Waals surface area contributed by atoms with Crippen LogP contribution in [0.4, 0.5) is 0 Å². The smallest absolute Gasteiger partial charge is 0.241 e. The summed E-state index contributed by atoms with van der Waals surface area (Å²) in [6.45, 7) is -0.256. The zero-order valence-corrected chi connectivity index (χ0v) is 10.1. The van der Waals surface area contributed by atoms with Gasteiger partial charge in [-0.1, -0.05) is 23.4 Å². The molecule has 0 spiro atoms. The third kappa shape index (κ3) is 2.97. The molecule has 2 N–H and O–H groups in total. The Morgan fingerprint density at radius 3 is 2.69 bits per heavy atom. The van der Waals surface area contributed by atoms with Gasteiger partial charge in [-0.2, -0.15) is 0 Å². The van der Waals surface area contributed by atoms with E-state index in [1.54, 1.807) is 0 Å². The van der Waals surface area contributed by atoms with Crippen molar-refractivity contribution >= 4 is 21.6 Å². The van der Waals surface area contributed by atoms with E-state index >= 15 is 0 Å². The van der Waals surface area contributed by atoms with Crippen molar-refractivity contribution in [3.8, 4) is 11.8 Å².